The van der Waals surface area contributed by atoms with Crippen molar-refractivity contribution in [1.82, 2.24) is 10.2 Å². The smallest absolute Gasteiger partial charge is 0.244 e. The van der Waals surface area contributed by atoms with Crippen LogP contribution in [0.5, 0.6) is 5.88 Å². The Kier molecular flexibility index (Phi) is 4.01. The van der Waals surface area contributed by atoms with Gasteiger partial charge in [-0.05, 0) is 22.4 Å². The molecule has 1 aromatic heterocycles. The van der Waals surface area contributed by atoms with E-state index in [2.05, 4.69) is 16.3 Å². The van der Waals surface area contributed by atoms with Crippen LogP contribution in [0.1, 0.15) is 17.0 Å². The molecule has 0 fully saturated rings. The number of halogens is 1. The van der Waals surface area contributed by atoms with Crippen molar-refractivity contribution in [3.05, 3.63) is 94.3 Å². The van der Waals surface area contributed by atoms with Crippen LogP contribution in [0.15, 0.2) is 78.2 Å². The molecule has 5 rings (SSSR count). The molecule has 1 aliphatic heterocycles. The van der Waals surface area contributed by atoms with E-state index >= 15 is 0 Å². The number of H-pyrrole nitrogens is 1. The van der Waals surface area contributed by atoms with Gasteiger partial charge >= 0.3 is 0 Å². The fraction of sp³-hybridized carbons (Fsp3) is 0.0435. The third-order valence-corrected chi connectivity index (χ3v) is 5.55. The summed E-state index contributed by atoms with van der Waals surface area (Å²) in [6.45, 7) is 0. The predicted octanol–water partition coefficient (Wildman–Crippen LogP) is 5.10. The number of hydrogen-bond donors (Lipinski definition) is 2. The van der Waals surface area contributed by atoms with Crippen molar-refractivity contribution in [3.63, 3.8) is 0 Å². The molecule has 1 aliphatic rings. The fourth-order valence-electron chi connectivity index (χ4n) is 3.93. The number of allylic oxidation sites excluding steroid dienone is 1. The molecule has 6 heteroatoms. The van der Waals surface area contributed by atoms with Gasteiger partial charge in [0.1, 0.15) is 11.6 Å². The quantitative estimate of drug-likeness (QED) is 0.491. The third-order valence-electron chi connectivity index (χ3n) is 5.22. The van der Waals surface area contributed by atoms with Gasteiger partial charge in [0, 0.05) is 10.6 Å². The lowest BCUT2D eigenvalue weighted by Crippen LogP contribution is -2.21. The Morgan fingerprint density at radius 2 is 1.79 bits per heavy atom. The SMILES string of the molecule is N#CC1=C(N)Oc2n[nH]c(-c3ccccc3Cl)c2[C@@H]1c1cccc2ccccc12. The molecule has 1 atom stereocenters. The second-order valence-electron chi connectivity index (χ2n) is 6.79. The zero-order chi connectivity index (χ0) is 20.0. The Morgan fingerprint density at radius 1 is 1.03 bits per heavy atom. The number of aromatic amines is 1. The Balaban J connectivity index is 1.83. The Hall–Kier alpha value is -3.75. The molecule has 0 unspecified atom stereocenters. The number of nitrogens with zero attached hydrogens (tertiary/aromatic N) is 2. The molecule has 2 heterocycles. The topological polar surface area (TPSA) is 87.7 Å². The first kappa shape index (κ1) is 17.4. The lowest BCUT2D eigenvalue weighted by atomic mass is 9.81. The zero-order valence-electron chi connectivity index (χ0n) is 15.2. The van der Waals surface area contributed by atoms with Crippen LogP contribution in [0.2, 0.25) is 5.02 Å². The number of hydrogen-bond acceptors (Lipinski definition) is 4. The van der Waals surface area contributed by atoms with Crippen LogP contribution in [-0.4, -0.2) is 10.2 Å². The first-order chi connectivity index (χ1) is 14.2. The lowest BCUT2D eigenvalue weighted by Gasteiger charge is -2.25. The van der Waals surface area contributed by atoms with Gasteiger partial charge in [0.05, 0.1) is 17.2 Å². The number of nitriles is 1. The van der Waals surface area contributed by atoms with Gasteiger partial charge in [0.2, 0.25) is 11.8 Å². The van der Waals surface area contributed by atoms with Crippen molar-refractivity contribution in [2.75, 3.05) is 0 Å². The molecule has 140 valence electrons. The van der Waals surface area contributed by atoms with Gasteiger partial charge < -0.3 is 10.5 Å². The molecule has 0 bridgehead atoms. The largest absolute Gasteiger partial charge is 0.420 e. The summed E-state index contributed by atoms with van der Waals surface area (Å²) in [5.41, 5.74) is 9.67. The Labute approximate surface area is 172 Å². The number of fused-ring (bicyclic) bond motifs is 2. The van der Waals surface area contributed by atoms with Gasteiger partial charge in [-0.15, -0.1) is 5.10 Å². The predicted molar refractivity (Wildman–Crippen MR) is 112 cm³/mol. The third kappa shape index (κ3) is 2.65. The van der Waals surface area contributed by atoms with Crippen LogP contribution < -0.4 is 10.5 Å². The van der Waals surface area contributed by atoms with Gasteiger partial charge in [0.15, 0.2) is 0 Å². The number of aromatic nitrogens is 2. The highest BCUT2D eigenvalue weighted by Gasteiger charge is 2.36. The fourth-order valence-corrected chi connectivity index (χ4v) is 4.16. The van der Waals surface area contributed by atoms with Gasteiger partial charge in [0.25, 0.3) is 0 Å². The number of rotatable bonds is 2. The van der Waals surface area contributed by atoms with E-state index < -0.39 is 5.92 Å². The Morgan fingerprint density at radius 3 is 2.62 bits per heavy atom. The van der Waals surface area contributed by atoms with Crippen molar-refractivity contribution >= 4 is 22.4 Å². The van der Waals surface area contributed by atoms with Crippen LogP contribution in [0.25, 0.3) is 22.0 Å². The highest BCUT2D eigenvalue weighted by molar-refractivity contribution is 6.33. The molecule has 0 radical (unpaired) electrons. The van der Waals surface area contributed by atoms with Crippen LogP contribution >= 0.6 is 11.6 Å². The average molecular weight is 399 g/mol. The van der Waals surface area contributed by atoms with E-state index in [9.17, 15) is 5.26 Å². The minimum atomic E-state index is -0.431. The highest BCUT2D eigenvalue weighted by atomic mass is 35.5. The van der Waals surface area contributed by atoms with Crippen LogP contribution in [0.3, 0.4) is 0 Å². The van der Waals surface area contributed by atoms with Gasteiger partial charge in [-0.2, -0.15) is 5.26 Å². The molecular weight excluding hydrogens is 384 g/mol. The van der Waals surface area contributed by atoms with E-state index in [0.29, 0.717) is 22.2 Å². The summed E-state index contributed by atoms with van der Waals surface area (Å²) in [6, 6.07) is 23.8. The monoisotopic (exact) mass is 398 g/mol. The summed E-state index contributed by atoms with van der Waals surface area (Å²) in [6.07, 6.45) is 0. The van der Waals surface area contributed by atoms with E-state index in [1.54, 1.807) is 0 Å². The number of ether oxygens (including phenoxy) is 1. The maximum absolute atomic E-state index is 9.92. The first-order valence-corrected chi connectivity index (χ1v) is 9.45. The van der Waals surface area contributed by atoms with Gasteiger partial charge in [-0.25, -0.2) is 0 Å². The maximum Gasteiger partial charge on any atom is 0.244 e. The molecule has 29 heavy (non-hydrogen) atoms. The van der Waals surface area contributed by atoms with Crippen molar-refractivity contribution < 1.29 is 4.74 Å². The van der Waals surface area contributed by atoms with Crippen molar-refractivity contribution in [1.29, 1.82) is 5.26 Å². The van der Waals surface area contributed by atoms with Crippen molar-refractivity contribution in [2.24, 2.45) is 5.73 Å². The average Bonchev–Trinajstić information content (AvgIpc) is 3.16. The minimum absolute atomic E-state index is 0.0649. The van der Waals surface area contributed by atoms with Crippen LogP contribution in [0, 0.1) is 11.3 Å². The van der Waals surface area contributed by atoms with E-state index in [1.165, 1.54) is 0 Å². The first-order valence-electron chi connectivity index (χ1n) is 9.07. The van der Waals surface area contributed by atoms with Crippen LogP contribution in [-0.2, 0) is 0 Å². The van der Waals surface area contributed by atoms with Gasteiger partial charge in [-0.1, -0.05) is 72.3 Å². The van der Waals surface area contributed by atoms with Crippen molar-refractivity contribution in [3.8, 4) is 23.2 Å². The van der Waals surface area contributed by atoms with E-state index in [1.807, 2.05) is 66.7 Å². The van der Waals surface area contributed by atoms with E-state index in [0.717, 1.165) is 27.5 Å². The molecule has 0 spiro atoms. The molecule has 0 saturated heterocycles. The van der Waals surface area contributed by atoms with Crippen molar-refractivity contribution in [2.45, 2.75) is 5.92 Å². The molecule has 0 amide bonds. The van der Waals surface area contributed by atoms with E-state index in [-0.39, 0.29) is 5.88 Å². The molecule has 3 N–H and O–H groups in total. The zero-order valence-corrected chi connectivity index (χ0v) is 15.9. The highest BCUT2D eigenvalue weighted by Crippen LogP contribution is 2.47. The summed E-state index contributed by atoms with van der Waals surface area (Å²) >= 11 is 6.46. The standard InChI is InChI=1S/C23H15ClN4O/c24-18-11-4-3-9-16(18)21-20-19(17(12-25)22(26)29-23(20)28-27-21)15-10-5-7-13-6-1-2-8-14(13)15/h1-11,19H,26H2,(H,27,28)/t19-/m1/s1. The summed E-state index contributed by atoms with van der Waals surface area (Å²) in [7, 11) is 0. The summed E-state index contributed by atoms with van der Waals surface area (Å²) in [5, 5.41) is 20.0. The Bertz CT molecular complexity index is 1330. The second-order valence-corrected chi connectivity index (χ2v) is 7.20. The van der Waals surface area contributed by atoms with Gasteiger partial charge in [-0.3, -0.25) is 5.10 Å². The molecule has 0 saturated carbocycles. The second kappa shape index (κ2) is 6.69. The molecule has 5 nitrogen and oxygen atoms in total. The lowest BCUT2D eigenvalue weighted by molar-refractivity contribution is 0.379. The maximum atomic E-state index is 9.92. The van der Waals surface area contributed by atoms with Crippen LogP contribution in [0.4, 0.5) is 0 Å². The normalized spacial score (nSPS) is 15.7. The summed E-state index contributed by atoms with van der Waals surface area (Å²) < 4.78 is 5.69. The number of nitrogens with one attached hydrogen (secondary N) is 1. The molecule has 3 aromatic carbocycles. The minimum Gasteiger partial charge on any atom is -0.420 e. The van der Waals surface area contributed by atoms with E-state index in [4.69, 9.17) is 22.1 Å². The molecule has 4 aromatic rings. The number of nitrogens with two attached hydrogens (primary N) is 1. The summed E-state index contributed by atoms with van der Waals surface area (Å²) in [4.78, 5) is 0. The summed E-state index contributed by atoms with van der Waals surface area (Å²) in [5.74, 6) is -0.00984. The molecule has 0 aliphatic carbocycles. The number of benzene rings is 3. The molecular formula is C23H15ClN4O.